The third-order valence-corrected chi connectivity index (χ3v) is 2.45. The zero-order chi connectivity index (χ0) is 12.7. The Balaban J connectivity index is 2.48. The van der Waals surface area contributed by atoms with Gasteiger partial charge in [0, 0.05) is 23.8 Å². The van der Waals surface area contributed by atoms with Crippen molar-refractivity contribution >= 4 is 5.97 Å². The molecule has 0 aliphatic heterocycles. The quantitative estimate of drug-likeness (QED) is 0.241. The summed E-state index contributed by atoms with van der Waals surface area (Å²) in [6.45, 7) is 3.59. The van der Waals surface area contributed by atoms with E-state index in [-0.39, 0.29) is 11.5 Å². The number of hydrogen-bond acceptors (Lipinski definition) is 4. The first-order valence-corrected chi connectivity index (χ1v) is 5.41. The first kappa shape index (κ1) is 13.2. The van der Waals surface area contributed by atoms with E-state index in [9.17, 15) is 14.9 Å². The van der Waals surface area contributed by atoms with Crippen molar-refractivity contribution in [2.75, 3.05) is 6.61 Å². The fraction of sp³-hybridized carbons (Fsp3) is 0.417. The molecule has 5 nitrogen and oxygen atoms in total. The van der Waals surface area contributed by atoms with Gasteiger partial charge < -0.3 is 4.74 Å². The maximum atomic E-state index is 11.1. The van der Waals surface area contributed by atoms with E-state index in [1.54, 1.807) is 6.08 Å². The number of nitro groups is 1. The molecule has 0 aromatic rings. The van der Waals surface area contributed by atoms with Crippen molar-refractivity contribution in [2.45, 2.75) is 25.3 Å². The Morgan fingerprint density at radius 3 is 3.12 bits per heavy atom. The SMILES string of the molecule is C=CCOC(=O)/C=C/C1=CCCC([N+](=O)[O-])C1. The van der Waals surface area contributed by atoms with Crippen LogP contribution in [0.15, 0.2) is 36.5 Å². The van der Waals surface area contributed by atoms with Gasteiger partial charge in [-0.05, 0) is 12.0 Å². The Bertz CT molecular complexity index is 371. The van der Waals surface area contributed by atoms with Crippen LogP contribution in [0, 0.1) is 10.1 Å². The highest BCUT2D eigenvalue weighted by atomic mass is 16.6. The number of carbonyl (C=O) groups is 1. The summed E-state index contributed by atoms with van der Waals surface area (Å²) in [5, 5.41) is 10.6. The average molecular weight is 237 g/mol. The summed E-state index contributed by atoms with van der Waals surface area (Å²) in [6, 6.07) is -0.538. The highest BCUT2D eigenvalue weighted by Crippen LogP contribution is 2.21. The van der Waals surface area contributed by atoms with E-state index in [1.165, 1.54) is 12.2 Å². The van der Waals surface area contributed by atoms with Crippen LogP contribution >= 0.6 is 0 Å². The van der Waals surface area contributed by atoms with Crippen molar-refractivity contribution in [3.8, 4) is 0 Å². The van der Waals surface area contributed by atoms with Gasteiger partial charge in [-0.3, -0.25) is 10.1 Å². The molecule has 0 bridgehead atoms. The van der Waals surface area contributed by atoms with Gasteiger partial charge >= 0.3 is 5.97 Å². The van der Waals surface area contributed by atoms with Gasteiger partial charge in [0.1, 0.15) is 6.61 Å². The minimum Gasteiger partial charge on any atom is -0.458 e. The zero-order valence-electron chi connectivity index (χ0n) is 9.50. The summed E-state index contributed by atoms with van der Waals surface area (Å²) in [6.07, 6.45) is 7.88. The van der Waals surface area contributed by atoms with E-state index >= 15 is 0 Å². The Morgan fingerprint density at radius 2 is 2.47 bits per heavy atom. The monoisotopic (exact) mass is 237 g/mol. The molecule has 0 spiro atoms. The number of carbonyl (C=O) groups excluding carboxylic acids is 1. The van der Waals surface area contributed by atoms with Crippen molar-refractivity contribution < 1.29 is 14.5 Å². The molecule has 1 atom stereocenters. The van der Waals surface area contributed by atoms with Gasteiger partial charge in [0.25, 0.3) is 0 Å². The Kier molecular flexibility index (Phi) is 5.13. The zero-order valence-corrected chi connectivity index (χ0v) is 9.50. The molecule has 0 heterocycles. The smallest absolute Gasteiger partial charge is 0.331 e. The van der Waals surface area contributed by atoms with Crippen LogP contribution in [0.2, 0.25) is 0 Å². The Labute approximate surface area is 99.6 Å². The molecule has 0 aromatic heterocycles. The van der Waals surface area contributed by atoms with E-state index in [2.05, 4.69) is 6.58 Å². The molecule has 0 amide bonds. The predicted molar refractivity (Wildman–Crippen MR) is 63.0 cm³/mol. The molecular weight excluding hydrogens is 222 g/mol. The fourth-order valence-corrected chi connectivity index (χ4v) is 1.60. The van der Waals surface area contributed by atoms with Crippen molar-refractivity contribution in [2.24, 2.45) is 0 Å². The van der Waals surface area contributed by atoms with E-state index < -0.39 is 12.0 Å². The largest absolute Gasteiger partial charge is 0.458 e. The fourth-order valence-electron chi connectivity index (χ4n) is 1.60. The molecule has 17 heavy (non-hydrogen) atoms. The van der Waals surface area contributed by atoms with Gasteiger partial charge in [-0.15, -0.1) is 0 Å². The number of allylic oxidation sites excluding steroid dienone is 2. The van der Waals surface area contributed by atoms with Crippen LogP contribution in [0.5, 0.6) is 0 Å². The minimum absolute atomic E-state index is 0.166. The summed E-state index contributed by atoms with van der Waals surface area (Å²) in [5.74, 6) is -0.464. The number of nitrogens with zero attached hydrogens (tertiary/aromatic N) is 1. The second-order valence-corrected chi connectivity index (χ2v) is 3.75. The maximum absolute atomic E-state index is 11.1. The lowest BCUT2D eigenvalue weighted by atomic mass is 9.95. The number of hydrogen-bond donors (Lipinski definition) is 0. The number of rotatable bonds is 5. The van der Waals surface area contributed by atoms with Crippen molar-refractivity contribution in [1.82, 2.24) is 0 Å². The first-order valence-electron chi connectivity index (χ1n) is 5.41. The minimum atomic E-state index is -0.538. The summed E-state index contributed by atoms with van der Waals surface area (Å²) in [5.41, 5.74) is 0.813. The van der Waals surface area contributed by atoms with Gasteiger partial charge in [-0.25, -0.2) is 4.79 Å². The van der Waals surface area contributed by atoms with Gasteiger partial charge in [0.2, 0.25) is 6.04 Å². The third kappa shape index (κ3) is 4.63. The average Bonchev–Trinajstić information content (AvgIpc) is 2.34. The van der Waals surface area contributed by atoms with Crippen LogP contribution in [-0.2, 0) is 9.53 Å². The van der Waals surface area contributed by atoms with Gasteiger partial charge in [-0.1, -0.05) is 24.8 Å². The van der Waals surface area contributed by atoms with Crippen LogP contribution in [0.1, 0.15) is 19.3 Å². The van der Waals surface area contributed by atoms with Crippen LogP contribution in [0.4, 0.5) is 0 Å². The highest BCUT2D eigenvalue weighted by molar-refractivity contribution is 5.82. The molecule has 0 fully saturated rings. The molecule has 1 rings (SSSR count). The summed E-state index contributed by atoms with van der Waals surface area (Å²) in [4.78, 5) is 21.5. The molecular formula is C12H15NO4. The molecule has 92 valence electrons. The third-order valence-electron chi connectivity index (χ3n) is 2.45. The van der Waals surface area contributed by atoms with Crippen LogP contribution in [-0.4, -0.2) is 23.5 Å². The molecule has 1 aliphatic carbocycles. The number of esters is 1. The van der Waals surface area contributed by atoms with Gasteiger partial charge in [-0.2, -0.15) is 0 Å². The predicted octanol–water partition coefficient (Wildman–Crippen LogP) is 2.03. The standard InChI is InChI=1S/C12H15NO4/c1-2-8-17-12(14)7-6-10-4-3-5-11(9-10)13(15)16/h2,4,6-7,11H,1,3,5,8-9H2/b7-6+. The molecule has 0 N–H and O–H groups in total. The first-order chi connectivity index (χ1) is 8.13. The van der Waals surface area contributed by atoms with E-state index in [1.807, 2.05) is 6.08 Å². The van der Waals surface area contributed by atoms with Crippen molar-refractivity contribution in [1.29, 1.82) is 0 Å². The van der Waals surface area contributed by atoms with Crippen LogP contribution in [0.25, 0.3) is 0 Å². The second-order valence-electron chi connectivity index (χ2n) is 3.75. The molecule has 5 heteroatoms. The Hall–Kier alpha value is -1.91. The van der Waals surface area contributed by atoms with Crippen molar-refractivity contribution in [3.05, 3.63) is 46.6 Å². The summed E-state index contributed by atoms with van der Waals surface area (Å²) in [7, 11) is 0. The maximum Gasteiger partial charge on any atom is 0.331 e. The molecule has 1 unspecified atom stereocenters. The highest BCUT2D eigenvalue weighted by Gasteiger charge is 2.23. The lowest BCUT2D eigenvalue weighted by Gasteiger charge is -2.13. The normalized spacial score (nSPS) is 19.8. The molecule has 0 saturated heterocycles. The lowest BCUT2D eigenvalue weighted by molar-refractivity contribution is -0.523. The summed E-state index contributed by atoms with van der Waals surface area (Å²) >= 11 is 0. The molecule has 0 aromatic carbocycles. The van der Waals surface area contributed by atoms with Gasteiger partial charge in [0.05, 0.1) is 0 Å². The number of ether oxygens (including phenoxy) is 1. The van der Waals surface area contributed by atoms with Crippen molar-refractivity contribution in [3.63, 3.8) is 0 Å². The van der Waals surface area contributed by atoms with E-state index in [0.717, 1.165) is 5.57 Å². The molecule has 0 saturated carbocycles. The summed E-state index contributed by atoms with van der Waals surface area (Å²) < 4.78 is 4.75. The van der Waals surface area contributed by atoms with E-state index in [4.69, 9.17) is 4.74 Å². The van der Waals surface area contributed by atoms with Gasteiger partial charge in [0.15, 0.2) is 0 Å². The molecule has 1 aliphatic rings. The van der Waals surface area contributed by atoms with E-state index in [0.29, 0.717) is 19.3 Å². The van der Waals surface area contributed by atoms with Crippen LogP contribution in [0.3, 0.4) is 0 Å². The Morgan fingerprint density at radius 1 is 1.71 bits per heavy atom. The lowest BCUT2D eigenvalue weighted by Crippen LogP contribution is -2.21. The van der Waals surface area contributed by atoms with Crippen LogP contribution < -0.4 is 0 Å². The molecule has 0 radical (unpaired) electrons. The second kappa shape index (κ2) is 6.62. The topological polar surface area (TPSA) is 69.4 Å².